The molecule has 0 aliphatic rings. The maximum atomic E-state index is 5.37. The van der Waals surface area contributed by atoms with E-state index in [-0.39, 0.29) is 5.48 Å². The summed E-state index contributed by atoms with van der Waals surface area (Å²) in [5, 5.41) is 0. The Labute approximate surface area is 131 Å². The van der Waals surface area contributed by atoms with E-state index in [9.17, 15) is 0 Å². The Morgan fingerprint density at radius 2 is 0.905 bits per heavy atom. The molecule has 0 aliphatic heterocycles. The fourth-order valence-electron chi connectivity index (χ4n) is 1.54. The summed E-state index contributed by atoms with van der Waals surface area (Å²) in [6, 6.07) is 0. The first kappa shape index (κ1) is 25.7. The van der Waals surface area contributed by atoms with Gasteiger partial charge >= 0.3 is 0 Å². The topological polar surface area (TPSA) is 68.4 Å². The molecule has 0 bridgehead atoms. The molecule has 21 heavy (non-hydrogen) atoms. The van der Waals surface area contributed by atoms with Crippen molar-refractivity contribution in [3.8, 4) is 0 Å². The SMILES string of the molecule is CCOCC(CC)OCC.CCOCC(CC)OCC.O. The van der Waals surface area contributed by atoms with Crippen LogP contribution in [0.3, 0.4) is 0 Å². The van der Waals surface area contributed by atoms with E-state index < -0.39 is 0 Å². The molecule has 0 amide bonds. The van der Waals surface area contributed by atoms with Crippen molar-refractivity contribution in [3.63, 3.8) is 0 Å². The first-order valence-corrected chi connectivity index (χ1v) is 8.08. The lowest BCUT2D eigenvalue weighted by atomic mass is 10.3. The fraction of sp³-hybridized carbons (Fsp3) is 1.00. The van der Waals surface area contributed by atoms with Gasteiger partial charge in [0.25, 0.3) is 0 Å². The van der Waals surface area contributed by atoms with Crippen molar-refractivity contribution in [1.29, 1.82) is 0 Å². The third kappa shape index (κ3) is 19.8. The molecular weight excluding hydrogens is 272 g/mol. The first-order valence-electron chi connectivity index (χ1n) is 8.08. The van der Waals surface area contributed by atoms with E-state index in [1.165, 1.54) is 0 Å². The largest absolute Gasteiger partial charge is 0.412 e. The van der Waals surface area contributed by atoms with Crippen molar-refractivity contribution in [2.24, 2.45) is 0 Å². The standard InChI is InChI=1S/2C8H18O2.H2O/c2*1-4-8(10-6-3)7-9-5-2;/h2*8H,4-7H2,1-3H3;1H2. The molecule has 2 unspecified atom stereocenters. The minimum Gasteiger partial charge on any atom is -0.412 e. The Hall–Kier alpha value is -0.200. The van der Waals surface area contributed by atoms with Gasteiger partial charge in [-0.1, -0.05) is 13.8 Å². The third-order valence-corrected chi connectivity index (χ3v) is 2.73. The van der Waals surface area contributed by atoms with Gasteiger partial charge in [-0.25, -0.2) is 0 Å². The van der Waals surface area contributed by atoms with E-state index in [0.29, 0.717) is 12.2 Å². The van der Waals surface area contributed by atoms with E-state index in [2.05, 4.69) is 13.8 Å². The Balaban J connectivity index is -0.000000295. The third-order valence-electron chi connectivity index (χ3n) is 2.73. The van der Waals surface area contributed by atoms with Gasteiger partial charge in [-0.3, -0.25) is 0 Å². The van der Waals surface area contributed by atoms with Crippen LogP contribution in [0, 0.1) is 0 Å². The molecule has 2 N–H and O–H groups in total. The predicted molar refractivity (Wildman–Crippen MR) is 88.0 cm³/mol. The zero-order chi connectivity index (χ0) is 15.6. The maximum absolute atomic E-state index is 5.37. The van der Waals surface area contributed by atoms with Crippen LogP contribution < -0.4 is 0 Å². The average molecular weight is 310 g/mol. The van der Waals surface area contributed by atoms with Crippen LogP contribution in [0.1, 0.15) is 54.4 Å². The molecule has 0 aromatic carbocycles. The molecule has 0 saturated heterocycles. The summed E-state index contributed by atoms with van der Waals surface area (Å²) in [6.45, 7) is 16.8. The van der Waals surface area contributed by atoms with Crippen LogP contribution in [0.15, 0.2) is 0 Å². The monoisotopic (exact) mass is 310 g/mol. The molecule has 0 aromatic heterocycles. The second-order valence-corrected chi connectivity index (χ2v) is 4.29. The molecule has 0 spiro atoms. The van der Waals surface area contributed by atoms with Crippen molar-refractivity contribution < 1.29 is 24.4 Å². The summed E-state index contributed by atoms with van der Waals surface area (Å²) in [6.07, 6.45) is 2.66. The van der Waals surface area contributed by atoms with Crippen molar-refractivity contribution in [2.75, 3.05) is 39.6 Å². The Morgan fingerprint density at radius 3 is 1.10 bits per heavy atom. The normalized spacial score (nSPS) is 12.9. The van der Waals surface area contributed by atoms with E-state index in [1.807, 2.05) is 27.7 Å². The highest BCUT2D eigenvalue weighted by Crippen LogP contribution is 1.98. The van der Waals surface area contributed by atoms with Gasteiger partial charge in [0.05, 0.1) is 25.4 Å². The molecule has 0 rings (SSSR count). The molecule has 2 atom stereocenters. The van der Waals surface area contributed by atoms with Gasteiger partial charge in [0, 0.05) is 26.4 Å². The quantitative estimate of drug-likeness (QED) is 0.556. The van der Waals surface area contributed by atoms with Crippen molar-refractivity contribution >= 4 is 0 Å². The molecule has 5 nitrogen and oxygen atoms in total. The highest BCUT2D eigenvalue weighted by molar-refractivity contribution is 4.52. The number of ether oxygens (including phenoxy) is 4. The van der Waals surface area contributed by atoms with Gasteiger partial charge in [-0.15, -0.1) is 0 Å². The van der Waals surface area contributed by atoms with Gasteiger partial charge in [0.2, 0.25) is 0 Å². The van der Waals surface area contributed by atoms with E-state index in [4.69, 9.17) is 18.9 Å². The molecular formula is C16H38O5. The highest BCUT2D eigenvalue weighted by atomic mass is 16.5. The van der Waals surface area contributed by atoms with E-state index >= 15 is 0 Å². The molecule has 5 heteroatoms. The molecule has 0 saturated carbocycles. The Morgan fingerprint density at radius 1 is 0.571 bits per heavy atom. The highest BCUT2D eigenvalue weighted by Gasteiger charge is 2.04. The second kappa shape index (κ2) is 22.1. The van der Waals surface area contributed by atoms with Crippen molar-refractivity contribution in [1.82, 2.24) is 0 Å². The van der Waals surface area contributed by atoms with E-state index in [0.717, 1.165) is 52.5 Å². The molecule has 0 heterocycles. The molecule has 0 aliphatic carbocycles. The molecule has 0 aromatic rings. The fourth-order valence-corrected chi connectivity index (χ4v) is 1.54. The summed E-state index contributed by atoms with van der Waals surface area (Å²) >= 11 is 0. The van der Waals surface area contributed by atoms with Crippen LogP contribution in [0.5, 0.6) is 0 Å². The zero-order valence-electron chi connectivity index (χ0n) is 14.9. The second-order valence-electron chi connectivity index (χ2n) is 4.29. The number of rotatable bonds is 12. The molecule has 0 radical (unpaired) electrons. The van der Waals surface area contributed by atoms with Gasteiger partial charge in [0.1, 0.15) is 0 Å². The first-order chi connectivity index (χ1) is 9.69. The number of hydrogen-bond acceptors (Lipinski definition) is 4. The summed E-state index contributed by atoms with van der Waals surface area (Å²) in [5.41, 5.74) is 0. The van der Waals surface area contributed by atoms with Crippen LogP contribution >= 0.6 is 0 Å². The van der Waals surface area contributed by atoms with Crippen LogP contribution in [-0.2, 0) is 18.9 Å². The van der Waals surface area contributed by atoms with Crippen LogP contribution in [0.2, 0.25) is 0 Å². The van der Waals surface area contributed by atoms with Gasteiger partial charge in [0.15, 0.2) is 0 Å². The Kier molecular flexibility index (Phi) is 27.1. The van der Waals surface area contributed by atoms with Crippen LogP contribution in [0.25, 0.3) is 0 Å². The smallest absolute Gasteiger partial charge is 0.0805 e. The lowest BCUT2D eigenvalue weighted by Gasteiger charge is -2.13. The lowest BCUT2D eigenvalue weighted by Crippen LogP contribution is -2.18. The average Bonchev–Trinajstić information content (AvgIpc) is 2.48. The van der Waals surface area contributed by atoms with Crippen LogP contribution in [-0.4, -0.2) is 57.3 Å². The van der Waals surface area contributed by atoms with Gasteiger partial charge in [-0.05, 0) is 40.5 Å². The van der Waals surface area contributed by atoms with Gasteiger partial charge < -0.3 is 24.4 Å². The predicted octanol–water partition coefficient (Wildman–Crippen LogP) is 2.85. The summed E-state index contributed by atoms with van der Waals surface area (Å²) < 4.78 is 21.2. The minimum atomic E-state index is 0. The summed E-state index contributed by atoms with van der Waals surface area (Å²) in [4.78, 5) is 0. The number of hydrogen-bond donors (Lipinski definition) is 0. The summed E-state index contributed by atoms with van der Waals surface area (Å²) in [5.74, 6) is 0. The van der Waals surface area contributed by atoms with Crippen molar-refractivity contribution in [3.05, 3.63) is 0 Å². The zero-order valence-corrected chi connectivity index (χ0v) is 14.9. The van der Waals surface area contributed by atoms with Gasteiger partial charge in [-0.2, -0.15) is 0 Å². The minimum absolute atomic E-state index is 0. The molecule has 132 valence electrons. The molecule has 0 fully saturated rings. The van der Waals surface area contributed by atoms with Crippen molar-refractivity contribution in [2.45, 2.75) is 66.6 Å². The lowest BCUT2D eigenvalue weighted by molar-refractivity contribution is -0.00980. The Bertz CT molecular complexity index is 149. The summed E-state index contributed by atoms with van der Waals surface area (Å²) in [7, 11) is 0. The van der Waals surface area contributed by atoms with E-state index in [1.54, 1.807) is 0 Å². The van der Waals surface area contributed by atoms with Crippen LogP contribution in [0.4, 0.5) is 0 Å². The maximum Gasteiger partial charge on any atom is 0.0805 e.